The quantitative estimate of drug-likeness (QED) is 0.845. The van der Waals surface area contributed by atoms with E-state index in [0.29, 0.717) is 22.0 Å². The Morgan fingerprint density at radius 3 is 2.78 bits per heavy atom. The van der Waals surface area contributed by atoms with Gasteiger partial charge in [-0.1, -0.05) is 11.6 Å². The predicted octanol–water partition coefficient (Wildman–Crippen LogP) is 3.43. The summed E-state index contributed by atoms with van der Waals surface area (Å²) in [5.74, 6) is -0.675. The third-order valence-electron chi connectivity index (χ3n) is 2.42. The molecule has 3 nitrogen and oxygen atoms in total. The molecule has 0 spiro atoms. The predicted molar refractivity (Wildman–Crippen MR) is 68.3 cm³/mol. The van der Waals surface area contributed by atoms with Crippen molar-refractivity contribution in [3.05, 3.63) is 58.6 Å². The molecule has 0 fully saturated rings. The smallest absolute Gasteiger partial charge is 0.255 e. The van der Waals surface area contributed by atoms with E-state index in [1.165, 1.54) is 30.5 Å². The molecule has 0 aliphatic carbocycles. The minimum atomic E-state index is -0.365. The molecule has 1 N–H and O–H groups in total. The lowest BCUT2D eigenvalue weighted by Gasteiger charge is -2.07. The topological polar surface area (TPSA) is 42.0 Å². The number of aromatic nitrogens is 1. The minimum absolute atomic E-state index is 0.295. The van der Waals surface area contributed by atoms with Crippen LogP contribution in [0.4, 0.5) is 10.1 Å². The number of carbonyl (C=O) groups is 1. The molecule has 0 saturated carbocycles. The highest BCUT2D eigenvalue weighted by atomic mass is 35.5. The lowest BCUT2D eigenvalue weighted by molar-refractivity contribution is 0.102. The van der Waals surface area contributed by atoms with Crippen LogP contribution < -0.4 is 5.32 Å². The highest BCUT2D eigenvalue weighted by Crippen LogP contribution is 2.15. The van der Waals surface area contributed by atoms with Gasteiger partial charge in [0, 0.05) is 17.4 Å². The molecule has 0 saturated heterocycles. The summed E-state index contributed by atoms with van der Waals surface area (Å²) in [6.45, 7) is 1.68. The van der Waals surface area contributed by atoms with Crippen LogP contribution in [-0.2, 0) is 0 Å². The SMILES string of the molecule is Cc1cc(F)ccc1C(=O)Nc1ccnc(Cl)c1. The van der Waals surface area contributed by atoms with E-state index in [2.05, 4.69) is 10.3 Å². The summed E-state index contributed by atoms with van der Waals surface area (Å²) in [5.41, 5.74) is 1.54. The van der Waals surface area contributed by atoms with Crippen molar-refractivity contribution in [2.45, 2.75) is 6.92 Å². The maximum absolute atomic E-state index is 12.9. The highest BCUT2D eigenvalue weighted by Gasteiger charge is 2.10. The van der Waals surface area contributed by atoms with E-state index in [1.807, 2.05) is 0 Å². The van der Waals surface area contributed by atoms with E-state index in [1.54, 1.807) is 13.0 Å². The minimum Gasteiger partial charge on any atom is -0.322 e. The third-order valence-corrected chi connectivity index (χ3v) is 2.62. The second-order valence-electron chi connectivity index (χ2n) is 3.78. The summed E-state index contributed by atoms with van der Waals surface area (Å²) >= 11 is 5.71. The first-order valence-electron chi connectivity index (χ1n) is 5.25. The standard InChI is InChI=1S/C13H10ClFN2O/c1-8-6-9(15)2-3-11(8)13(18)17-10-4-5-16-12(14)7-10/h2-7H,1H3,(H,16,17,18). The molecule has 0 aliphatic heterocycles. The number of pyridine rings is 1. The molecule has 2 aromatic rings. The zero-order valence-electron chi connectivity index (χ0n) is 9.58. The van der Waals surface area contributed by atoms with Gasteiger partial charge in [0.2, 0.25) is 0 Å². The van der Waals surface area contributed by atoms with Crippen LogP contribution >= 0.6 is 11.6 Å². The van der Waals surface area contributed by atoms with Crippen molar-refractivity contribution in [1.29, 1.82) is 0 Å². The van der Waals surface area contributed by atoms with Gasteiger partial charge < -0.3 is 5.32 Å². The Morgan fingerprint density at radius 1 is 1.33 bits per heavy atom. The van der Waals surface area contributed by atoms with E-state index in [4.69, 9.17) is 11.6 Å². The summed E-state index contributed by atoms with van der Waals surface area (Å²) in [4.78, 5) is 15.8. The molecular weight excluding hydrogens is 255 g/mol. The van der Waals surface area contributed by atoms with Gasteiger partial charge in [-0.25, -0.2) is 9.37 Å². The van der Waals surface area contributed by atoms with Crippen LogP contribution in [0.3, 0.4) is 0 Å². The lowest BCUT2D eigenvalue weighted by Crippen LogP contribution is -2.13. The fourth-order valence-electron chi connectivity index (χ4n) is 1.56. The molecule has 0 atom stereocenters. The fourth-order valence-corrected chi connectivity index (χ4v) is 1.73. The monoisotopic (exact) mass is 264 g/mol. The molecule has 0 unspecified atom stereocenters. The van der Waals surface area contributed by atoms with Gasteiger partial charge in [0.15, 0.2) is 0 Å². The van der Waals surface area contributed by atoms with Gasteiger partial charge in [0.05, 0.1) is 0 Å². The normalized spacial score (nSPS) is 10.2. The maximum atomic E-state index is 12.9. The summed E-state index contributed by atoms with van der Waals surface area (Å²) in [6.07, 6.45) is 1.50. The summed E-state index contributed by atoms with van der Waals surface area (Å²) in [7, 11) is 0. The van der Waals surface area contributed by atoms with Crippen molar-refractivity contribution in [1.82, 2.24) is 4.98 Å². The second-order valence-corrected chi connectivity index (χ2v) is 4.17. The number of nitrogens with zero attached hydrogens (tertiary/aromatic N) is 1. The Kier molecular flexibility index (Phi) is 3.58. The molecule has 1 aromatic carbocycles. The summed E-state index contributed by atoms with van der Waals surface area (Å²) in [5, 5.41) is 2.97. The molecule has 1 heterocycles. The Hall–Kier alpha value is -1.94. The van der Waals surface area contributed by atoms with Crippen LogP contribution in [0, 0.1) is 12.7 Å². The Bertz CT molecular complexity index is 601. The largest absolute Gasteiger partial charge is 0.322 e. The van der Waals surface area contributed by atoms with Crippen molar-refractivity contribution in [2.24, 2.45) is 0 Å². The van der Waals surface area contributed by atoms with Gasteiger partial charge >= 0.3 is 0 Å². The van der Waals surface area contributed by atoms with Crippen molar-refractivity contribution >= 4 is 23.2 Å². The molecule has 0 aliphatic rings. The lowest BCUT2D eigenvalue weighted by atomic mass is 10.1. The van der Waals surface area contributed by atoms with Crippen molar-refractivity contribution in [2.75, 3.05) is 5.32 Å². The molecule has 1 amide bonds. The Labute approximate surface area is 109 Å². The molecule has 18 heavy (non-hydrogen) atoms. The zero-order valence-corrected chi connectivity index (χ0v) is 10.3. The number of carbonyl (C=O) groups excluding carboxylic acids is 1. The number of hydrogen-bond acceptors (Lipinski definition) is 2. The van der Waals surface area contributed by atoms with E-state index in [9.17, 15) is 9.18 Å². The van der Waals surface area contributed by atoms with Crippen LogP contribution in [0.2, 0.25) is 5.15 Å². The van der Waals surface area contributed by atoms with Gasteiger partial charge in [0.1, 0.15) is 11.0 Å². The van der Waals surface area contributed by atoms with E-state index in [-0.39, 0.29) is 11.7 Å². The summed E-state index contributed by atoms with van der Waals surface area (Å²) < 4.78 is 12.9. The van der Waals surface area contributed by atoms with Crippen LogP contribution in [-0.4, -0.2) is 10.9 Å². The van der Waals surface area contributed by atoms with Gasteiger partial charge in [-0.3, -0.25) is 4.79 Å². The number of aryl methyl sites for hydroxylation is 1. The zero-order chi connectivity index (χ0) is 13.1. The molecule has 2 rings (SSSR count). The molecule has 1 aromatic heterocycles. The fraction of sp³-hybridized carbons (Fsp3) is 0.0769. The first-order chi connectivity index (χ1) is 8.56. The number of nitrogens with one attached hydrogen (secondary N) is 1. The van der Waals surface area contributed by atoms with Crippen molar-refractivity contribution in [3.8, 4) is 0 Å². The van der Waals surface area contributed by atoms with E-state index < -0.39 is 0 Å². The van der Waals surface area contributed by atoms with Gasteiger partial charge in [-0.2, -0.15) is 0 Å². The third kappa shape index (κ3) is 2.84. The van der Waals surface area contributed by atoms with E-state index in [0.717, 1.165) is 0 Å². The summed E-state index contributed by atoms with van der Waals surface area (Å²) in [6, 6.07) is 7.18. The number of anilines is 1. The number of hydrogen-bond donors (Lipinski definition) is 1. The molecule has 0 bridgehead atoms. The molecular formula is C13H10ClFN2O. The molecule has 92 valence electrons. The van der Waals surface area contributed by atoms with Gasteiger partial charge in [-0.05, 0) is 42.8 Å². The van der Waals surface area contributed by atoms with Crippen molar-refractivity contribution in [3.63, 3.8) is 0 Å². The Balaban J connectivity index is 2.22. The average molecular weight is 265 g/mol. The molecule has 0 radical (unpaired) electrons. The van der Waals surface area contributed by atoms with Gasteiger partial charge in [-0.15, -0.1) is 0 Å². The van der Waals surface area contributed by atoms with Crippen LogP contribution in [0.1, 0.15) is 15.9 Å². The Morgan fingerprint density at radius 2 is 2.11 bits per heavy atom. The maximum Gasteiger partial charge on any atom is 0.255 e. The first kappa shape index (κ1) is 12.5. The van der Waals surface area contributed by atoms with Crippen LogP contribution in [0.5, 0.6) is 0 Å². The van der Waals surface area contributed by atoms with Crippen LogP contribution in [0.15, 0.2) is 36.5 Å². The first-order valence-corrected chi connectivity index (χ1v) is 5.63. The number of rotatable bonds is 2. The average Bonchev–Trinajstić information content (AvgIpc) is 2.28. The second kappa shape index (κ2) is 5.14. The van der Waals surface area contributed by atoms with E-state index >= 15 is 0 Å². The number of amides is 1. The van der Waals surface area contributed by atoms with Crippen molar-refractivity contribution < 1.29 is 9.18 Å². The highest BCUT2D eigenvalue weighted by molar-refractivity contribution is 6.29. The number of halogens is 2. The number of benzene rings is 1. The van der Waals surface area contributed by atoms with Crippen LogP contribution in [0.25, 0.3) is 0 Å². The molecule has 5 heteroatoms. The van der Waals surface area contributed by atoms with Gasteiger partial charge in [0.25, 0.3) is 5.91 Å².